The number of amidine groups is 1. The van der Waals surface area contributed by atoms with E-state index in [1.165, 1.54) is 0 Å². The second-order valence-electron chi connectivity index (χ2n) is 6.73. The van der Waals surface area contributed by atoms with Gasteiger partial charge in [0, 0.05) is 5.56 Å². The fourth-order valence-electron chi connectivity index (χ4n) is 3.32. The van der Waals surface area contributed by atoms with Crippen LogP contribution in [-0.2, 0) is 4.79 Å². The zero-order chi connectivity index (χ0) is 18.8. The van der Waals surface area contributed by atoms with Gasteiger partial charge in [0.2, 0.25) is 0 Å². The molecule has 0 radical (unpaired) electrons. The van der Waals surface area contributed by atoms with E-state index < -0.39 is 0 Å². The van der Waals surface area contributed by atoms with Crippen molar-refractivity contribution in [2.75, 3.05) is 4.90 Å². The molecule has 3 aromatic carbocycles. The molecule has 0 spiro atoms. The smallest absolute Gasteiger partial charge is 0.266 e. The standard InChI is InChI=1S/C24H20N2O/c1-17-13-18(2)15-21(14-17)26-23(20-11-7-4-8-12-20)25-22(24(26)27)16-19-9-5-3-6-10-19/h3-16H,1-2H3. The van der Waals surface area contributed by atoms with Gasteiger partial charge < -0.3 is 0 Å². The molecular formula is C24H20N2O. The van der Waals surface area contributed by atoms with Crippen molar-refractivity contribution in [3.63, 3.8) is 0 Å². The van der Waals surface area contributed by atoms with E-state index in [0.29, 0.717) is 11.5 Å². The minimum absolute atomic E-state index is 0.109. The van der Waals surface area contributed by atoms with Gasteiger partial charge in [-0.1, -0.05) is 66.7 Å². The summed E-state index contributed by atoms with van der Waals surface area (Å²) < 4.78 is 0. The Morgan fingerprint density at radius 1 is 0.815 bits per heavy atom. The molecule has 3 aromatic rings. The van der Waals surface area contributed by atoms with E-state index >= 15 is 0 Å². The Morgan fingerprint density at radius 2 is 1.41 bits per heavy atom. The number of hydrogen-bond donors (Lipinski definition) is 0. The van der Waals surface area contributed by atoms with Gasteiger partial charge in [-0.3, -0.25) is 9.69 Å². The summed E-state index contributed by atoms with van der Waals surface area (Å²) in [6.07, 6.45) is 1.84. The fourth-order valence-corrected chi connectivity index (χ4v) is 3.32. The third-order valence-electron chi connectivity index (χ3n) is 4.46. The number of carbonyl (C=O) groups is 1. The third kappa shape index (κ3) is 3.44. The van der Waals surface area contributed by atoms with Gasteiger partial charge in [-0.25, -0.2) is 4.99 Å². The third-order valence-corrected chi connectivity index (χ3v) is 4.46. The summed E-state index contributed by atoms with van der Waals surface area (Å²) in [7, 11) is 0. The van der Waals surface area contributed by atoms with Crippen molar-refractivity contribution in [1.29, 1.82) is 0 Å². The number of nitrogens with zero attached hydrogens (tertiary/aromatic N) is 2. The molecule has 132 valence electrons. The second-order valence-corrected chi connectivity index (χ2v) is 6.73. The molecule has 0 atom stereocenters. The van der Waals surface area contributed by atoms with Crippen molar-refractivity contribution in [1.82, 2.24) is 0 Å². The topological polar surface area (TPSA) is 32.7 Å². The van der Waals surface area contributed by atoms with Crippen LogP contribution >= 0.6 is 0 Å². The van der Waals surface area contributed by atoms with Gasteiger partial charge in [0.25, 0.3) is 5.91 Å². The van der Waals surface area contributed by atoms with Crippen molar-refractivity contribution in [2.24, 2.45) is 4.99 Å². The van der Waals surface area contributed by atoms with E-state index in [-0.39, 0.29) is 5.91 Å². The maximum absolute atomic E-state index is 13.3. The summed E-state index contributed by atoms with van der Waals surface area (Å²) in [4.78, 5) is 19.7. The Bertz CT molecular complexity index is 1030. The van der Waals surface area contributed by atoms with E-state index in [1.807, 2.05) is 92.7 Å². The van der Waals surface area contributed by atoms with Crippen molar-refractivity contribution in [2.45, 2.75) is 13.8 Å². The summed E-state index contributed by atoms with van der Waals surface area (Å²) in [5.41, 5.74) is 5.40. The molecular weight excluding hydrogens is 332 g/mol. The van der Waals surface area contributed by atoms with Crippen LogP contribution in [0, 0.1) is 13.8 Å². The molecule has 3 nitrogen and oxygen atoms in total. The Labute approximate surface area is 159 Å². The molecule has 0 N–H and O–H groups in total. The number of amides is 1. The van der Waals surface area contributed by atoms with Gasteiger partial charge in [-0.2, -0.15) is 0 Å². The molecule has 1 aliphatic heterocycles. The highest BCUT2D eigenvalue weighted by molar-refractivity contribution is 6.33. The molecule has 0 saturated heterocycles. The van der Waals surface area contributed by atoms with E-state index in [0.717, 1.165) is 27.9 Å². The predicted molar refractivity (Wildman–Crippen MR) is 111 cm³/mol. The minimum atomic E-state index is -0.109. The van der Waals surface area contributed by atoms with Crippen LogP contribution in [0.5, 0.6) is 0 Å². The van der Waals surface area contributed by atoms with E-state index in [9.17, 15) is 4.79 Å². The molecule has 1 amide bonds. The maximum Gasteiger partial charge on any atom is 0.282 e. The number of aliphatic imine (C=N–C) groups is 1. The van der Waals surface area contributed by atoms with Crippen LogP contribution in [0.1, 0.15) is 22.3 Å². The van der Waals surface area contributed by atoms with Crippen molar-refractivity contribution in [3.05, 3.63) is 107 Å². The van der Waals surface area contributed by atoms with Crippen LogP contribution in [0.15, 0.2) is 89.6 Å². The van der Waals surface area contributed by atoms with Crippen LogP contribution in [-0.4, -0.2) is 11.7 Å². The molecule has 0 aromatic heterocycles. The van der Waals surface area contributed by atoms with E-state index in [1.54, 1.807) is 4.90 Å². The number of carbonyl (C=O) groups excluding carboxylic acids is 1. The zero-order valence-electron chi connectivity index (χ0n) is 15.4. The number of hydrogen-bond acceptors (Lipinski definition) is 2. The van der Waals surface area contributed by atoms with Crippen LogP contribution in [0.4, 0.5) is 5.69 Å². The summed E-state index contributed by atoms with van der Waals surface area (Å²) in [6.45, 7) is 4.08. The highest BCUT2D eigenvalue weighted by atomic mass is 16.2. The summed E-state index contributed by atoms with van der Waals surface area (Å²) in [5.74, 6) is 0.551. The molecule has 1 heterocycles. The normalized spacial score (nSPS) is 15.3. The average Bonchev–Trinajstić information content (AvgIpc) is 2.99. The molecule has 0 fully saturated rings. The lowest BCUT2D eigenvalue weighted by atomic mass is 10.1. The maximum atomic E-state index is 13.3. The molecule has 0 unspecified atom stereocenters. The first-order valence-corrected chi connectivity index (χ1v) is 8.95. The molecule has 27 heavy (non-hydrogen) atoms. The summed E-state index contributed by atoms with van der Waals surface area (Å²) in [6, 6.07) is 25.8. The summed E-state index contributed by atoms with van der Waals surface area (Å²) >= 11 is 0. The molecule has 0 aliphatic carbocycles. The monoisotopic (exact) mass is 352 g/mol. The van der Waals surface area contributed by atoms with Gasteiger partial charge in [0.15, 0.2) is 0 Å². The van der Waals surface area contributed by atoms with Crippen LogP contribution in [0.25, 0.3) is 6.08 Å². The summed E-state index contributed by atoms with van der Waals surface area (Å²) in [5, 5.41) is 0. The largest absolute Gasteiger partial charge is 0.282 e. The average molecular weight is 352 g/mol. The Balaban J connectivity index is 1.85. The van der Waals surface area contributed by atoms with Gasteiger partial charge >= 0.3 is 0 Å². The molecule has 0 bridgehead atoms. The highest BCUT2D eigenvalue weighted by Crippen LogP contribution is 2.29. The molecule has 3 heteroatoms. The number of rotatable bonds is 3. The lowest BCUT2D eigenvalue weighted by Crippen LogP contribution is -2.32. The molecule has 4 rings (SSSR count). The Morgan fingerprint density at radius 3 is 2.04 bits per heavy atom. The highest BCUT2D eigenvalue weighted by Gasteiger charge is 2.32. The minimum Gasteiger partial charge on any atom is -0.266 e. The van der Waals surface area contributed by atoms with Crippen LogP contribution in [0.2, 0.25) is 0 Å². The lowest BCUT2D eigenvalue weighted by molar-refractivity contribution is -0.113. The molecule has 0 saturated carbocycles. The Hall–Kier alpha value is -3.46. The quantitative estimate of drug-likeness (QED) is 0.601. The SMILES string of the molecule is Cc1cc(C)cc(N2C(=O)C(=Cc3ccccc3)N=C2c2ccccc2)c1. The number of anilines is 1. The van der Waals surface area contributed by atoms with Crippen molar-refractivity contribution < 1.29 is 4.79 Å². The molecule has 1 aliphatic rings. The first-order chi connectivity index (χ1) is 13.1. The second kappa shape index (κ2) is 7.04. The lowest BCUT2D eigenvalue weighted by Gasteiger charge is -2.19. The van der Waals surface area contributed by atoms with Crippen LogP contribution in [0.3, 0.4) is 0 Å². The zero-order valence-corrected chi connectivity index (χ0v) is 15.4. The number of benzene rings is 3. The van der Waals surface area contributed by atoms with E-state index in [2.05, 4.69) is 6.07 Å². The van der Waals surface area contributed by atoms with Crippen molar-refractivity contribution >= 4 is 23.5 Å². The predicted octanol–water partition coefficient (Wildman–Crippen LogP) is 5.14. The van der Waals surface area contributed by atoms with Gasteiger partial charge in [0.05, 0.1) is 5.69 Å². The fraction of sp³-hybridized carbons (Fsp3) is 0.0833. The first kappa shape index (κ1) is 17.0. The Kier molecular flexibility index (Phi) is 4.43. The van der Waals surface area contributed by atoms with Gasteiger partial charge in [0.1, 0.15) is 11.5 Å². The first-order valence-electron chi connectivity index (χ1n) is 8.95. The van der Waals surface area contributed by atoms with Crippen molar-refractivity contribution in [3.8, 4) is 0 Å². The van der Waals surface area contributed by atoms with Gasteiger partial charge in [-0.15, -0.1) is 0 Å². The number of aryl methyl sites for hydroxylation is 2. The van der Waals surface area contributed by atoms with Crippen LogP contribution < -0.4 is 4.90 Å². The van der Waals surface area contributed by atoms with Gasteiger partial charge in [-0.05, 0) is 48.7 Å². The van der Waals surface area contributed by atoms with E-state index in [4.69, 9.17) is 4.99 Å².